The fraction of sp³-hybridized carbons (Fsp3) is 0.571. The van der Waals surface area contributed by atoms with Crippen molar-refractivity contribution < 1.29 is 9.59 Å². The third-order valence-corrected chi connectivity index (χ3v) is 3.90. The average molecular weight is 517 g/mol. The lowest BCUT2D eigenvalue weighted by molar-refractivity contribution is -0.121. The number of rotatable bonds is 8. The highest BCUT2D eigenvalue weighted by Gasteiger charge is 2.13. The van der Waals surface area contributed by atoms with Gasteiger partial charge >= 0.3 is 0 Å². The van der Waals surface area contributed by atoms with Crippen LogP contribution in [0.2, 0.25) is 0 Å². The molecule has 0 saturated carbocycles. The summed E-state index contributed by atoms with van der Waals surface area (Å²) < 4.78 is 0. The monoisotopic (exact) mass is 517 g/mol. The summed E-state index contributed by atoms with van der Waals surface area (Å²) in [6.45, 7) is 13.1. The van der Waals surface area contributed by atoms with Gasteiger partial charge in [0, 0.05) is 23.7 Å². The number of nitrogens with zero attached hydrogens (tertiary/aromatic N) is 1. The van der Waals surface area contributed by atoms with E-state index in [0.717, 1.165) is 12.0 Å². The van der Waals surface area contributed by atoms with E-state index in [1.54, 1.807) is 12.1 Å². The smallest absolute Gasteiger partial charge is 0.251 e. The van der Waals surface area contributed by atoms with E-state index in [0.29, 0.717) is 24.6 Å². The highest BCUT2D eigenvalue weighted by atomic mass is 127. The summed E-state index contributed by atoms with van der Waals surface area (Å²) in [5, 5.41) is 12.0. The van der Waals surface area contributed by atoms with Gasteiger partial charge in [-0.2, -0.15) is 0 Å². The van der Waals surface area contributed by atoms with Crippen LogP contribution in [-0.2, 0) is 11.3 Å². The highest BCUT2D eigenvalue weighted by molar-refractivity contribution is 14.0. The number of hydrogen-bond donors (Lipinski definition) is 4. The molecule has 1 aromatic rings. The summed E-state index contributed by atoms with van der Waals surface area (Å²) >= 11 is 0. The summed E-state index contributed by atoms with van der Waals surface area (Å²) in [6, 6.07) is 7.55. The van der Waals surface area contributed by atoms with Crippen LogP contribution in [-0.4, -0.2) is 42.4 Å². The molecule has 0 fully saturated rings. The molecular formula is C21H36IN5O2. The molecule has 0 aliphatic carbocycles. The molecule has 0 aromatic heterocycles. The van der Waals surface area contributed by atoms with Crippen molar-refractivity contribution >= 4 is 41.8 Å². The minimum absolute atomic E-state index is 0. The Morgan fingerprint density at radius 1 is 1.07 bits per heavy atom. The summed E-state index contributed by atoms with van der Waals surface area (Å²) in [7, 11) is 0. The number of hydrogen-bond acceptors (Lipinski definition) is 3. The van der Waals surface area contributed by atoms with Gasteiger partial charge in [-0.25, -0.2) is 4.99 Å². The first-order valence-corrected chi connectivity index (χ1v) is 9.87. The number of aliphatic imine (C=N–C) groups is 1. The summed E-state index contributed by atoms with van der Waals surface area (Å²) in [6.07, 6.45) is 0.895. The predicted octanol–water partition coefficient (Wildman–Crippen LogP) is 2.80. The standard InChI is InChI=1S/C21H35N5O2.HI/c1-7-15(3)25-19(28)17-11-9-16(10-12-17)13-23-20(22-8-2)24-14-18(27)26-21(4,5)6;/h9-12,15H,7-8,13-14H2,1-6H3,(H,25,28)(H,26,27)(H2,22,23,24);1H. The zero-order valence-corrected chi connectivity index (χ0v) is 20.7. The van der Waals surface area contributed by atoms with Gasteiger partial charge in [0.05, 0.1) is 13.1 Å². The van der Waals surface area contributed by atoms with E-state index in [4.69, 9.17) is 0 Å². The Bertz CT molecular complexity index is 669. The van der Waals surface area contributed by atoms with E-state index >= 15 is 0 Å². The number of guanidine groups is 1. The zero-order chi connectivity index (χ0) is 21.2. The van der Waals surface area contributed by atoms with Gasteiger partial charge in [0.1, 0.15) is 0 Å². The first-order chi connectivity index (χ1) is 13.1. The molecule has 1 aromatic carbocycles. The molecule has 29 heavy (non-hydrogen) atoms. The molecule has 0 radical (unpaired) electrons. The van der Waals surface area contributed by atoms with Crippen LogP contribution in [0.1, 0.15) is 63.9 Å². The fourth-order valence-corrected chi connectivity index (χ4v) is 2.31. The minimum atomic E-state index is -0.267. The predicted molar refractivity (Wildman–Crippen MR) is 130 cm³/mol. The second-order valence-electron chi connectivity index (χ2n) is 7.83. The van der Waals surface area contributed by atoms with E-state index in [1.807, 2.05) is 53.7 Å². The summed E-state index contributed by atoms with van der Waals surface area (Å²) in [4.78, 5) is 28.6. The Kier molecular flexibility index (Phi) is 12.5. The second kappa shape index (κ2) is 13.4. The van der Waals surface area contributed by atoms with E-state index in [9.17, 15) is 9.59 Å². The van der Waals surface area contributed by atoms with Crippen LogP contribution in [0.15, 0.2) is 29.3 Å². The van der Waals surface area contributed by atoms with Crippen molar-refractivity contribution in [2.24, 2.45) is 4.99 Å². The highest BCUT2D eigenvalue weighted by Crippen LogP contribution is 2.06. The Balaban J connectivity index is 0.00000784. The number of carbonyl (C=O) groups is 2. The third kappa shape index (κ3) is 11.7. The molecule has 0 bridgehead atoms. The maximum Gasteiger partial charge on any atom is 0.251 e. The summed E-state index contributed by atoms with van der Waals surface area (Å²) in [5.41, 5.74) is 1.35. The average Bonchev–Trinajstić information content (AvgIpc) is 2.62. The molecule has 1 unspecified atom stereocenters. The van der Waals surface area contributed by atoms with Crippen LogP contribution >= 0.6 is 24.0 Å². The van der Waals surface area contributed by atoms with Gasteiger partial charge in [-0.05, 0) is 58.7 Å². The number of amides is 2. The molecule has 164 valence electrons. The second-order valence-corrected chi connectivity index (χ2v) is 7.83. The van der Waals surface area contributed by atoms with Crippen molar-refractivity contribution in [3.05, 3.63) is 35.4 Å². The van der Waals surface area contributed by atoms with E-state index < -0.39 is 0 Å². The topological polar surface area (TPSA) is 94.6 Å². The maximum atomic E-state index is 12.1. The van der Waals surface area contributed by atoms with Crippen LogP contribution in [0.25, 0.3) is 0 Å². The van der Waals surface area contributed by atoms with Crippen LogP contribution in [0.3, 0.4) is 0 Å². The van der Waals surface area contributed by atoms with Gasteiger partial charge < -0.3 is 21.3 Å². The molecule has 0 aliphatic rings. The molecule has 0 spiro atoms. The lowest BCUT2D eigenvalue weighted by Gasteiger charge is -2.21. The van der Waals surface area contributed by atoms with Gasteiger partial charge in [0.25, 0.3) is 5.91 Å². The minimum Gasteiger partial charge on any atom is -0.357 e. The number of benzene rings is 1. The van der Waals surface area contributed by atoms with Crippen molar-refractivity contribution in [2.45, 2.75) is 66.1 Å². The molecule has 1 rings (SSSR count). The van der Waals surface area contributed by atoms with Crippen molar-refractivity contribution in [2.75, 3.05) is 13.1 Å². The van der Waals surface area contributed by atoms with Crippen molar-refractivity contribution in [1.29, 1.82) is 0 Å². The van der Waals surface area contributed by atoms with Crippen LogP contribution < -0.4 is 21.3 Å². The lowest BCUT2D eigenvalue weighted by atomic mass is 10.1. The van der Waals surface area contributed by atoms with Gasteiger partial charge in [0.2, 0.25) is 5.91 Å². The molecule has 8 heteroatoms. The van der Waals surface area contributed by atoms with Crippen LogP contribution in [0.4, 0.5) is 0 Å². The van der Waals surface area contributed by atoms with E-state index in [1.165, 1.54) is 0 Å². The Labute approximate surface area is 191 Å². The Hall–Kier alpha value is -1.84. The molecule has 1 atom stereocenters. The molecule has 0 heterocycles. The first-order valence-electron chi connectivity index (χ1n) is 9.87. The maximum absolute atomic E-state index is 12.1. The molecule has 0 aliphatic heterocycles. The normalized spacial score (nSPS) is 12.4. The molecule has 4 N–H and O–H groups in total. The molecular weight excluding hydrogens is 481 g/mol. The molecule has 2 amide bonds. The van der Waals surface area contributed by atoms with Gasteiger partial charge in [-0.15, -0.1) is 24.0 Å². The van der Waals surface area contributed by atoms with E-state index in [2.05, 4.69) is 26.3 Å². The number of halogens is 1. The quantitative estimate of drug-likeness (QED) is 0.242. The lowest BCUT2D eigenvalue weighted by Crippen LogP contribution is -2.48. The SMILES string of the molecule is CCNC(=NCc1ccc(C(=O)NC(C)CC)cc1)NCC(=O)NC(C)(C)C.I. The largest absolute Gasteiger partial charge is 0.357 e. The Morgan fingerprint density at radius 2 is 1.69 bits per heavy atom. The molecule has 0 saturated heterocycles. The van der Waals surface area contributed by atoms with Crippen molar-refractivity contribution in [3.8, 4) is 0 Å². The number of carbonyl (C=O) groups excluding carboxylic acids is 2. The molecule has 7 nitrogen and oxygen atoms in total. The zero-order valence-electron chi connectivity index (χ0n) is 18.4. The van der Waals surface area contributed by atoms with Crippen LogP contribution in [0.5, 0.6) is 0 Å². The first kappa shape index (κ1) is 27.2. The third-order valence-electron chi connectivity index (χ3n) is 3.90. The van der Waals surface area contributed by atoms with E-state index in [-0.39, 0.29) is 53.9 Å². The van der Waals surface area contributed by atoms with Gasteiger partial charge in [0.15, 0.2) is 5.96 Å². The van der Waals surface area contributed by atoms with Gasteiger partial charge in [-0.1, -0.05) is 19.1 Å². The number of nitrogens with one attached hydrogen (secondary N) is 4. The van der Waals surface area contributed by atoms with Crippen LogP contribution in [0, 0.1) is 0 Å². The Morgan fingerprint density at radius 3 is 2.21 bits per heavy atom. The van der Waals surface area contributed by atoms with Gasteiger partial charge in [-0.3, -0.25) is 9.59 Å². The summed E-state index contributed by atoms with van der Waals surface area (Å²) in [5.74, 6) is 0.421. The van der Waals surface area contributed by atoms with Crippen molar-refractivity contribution in [3.63, 3.8) is 0 Å². The fourth-order valence-electron chi connectivity index (χ4n) is 2.31. The van der Waals surface area contributed by atoms with Crippen molar-refractivity contribution in [1.82, 2.24) is 21.3 Å².